The molecule has 1 aliphatic heterocycles. The molecular weight excluding hydrogens is 471 g/mol. The number of alkyl halides is 3. The Hall–Kier alpha value is -3.36. The van der Waals surface area contributed by atoms with Crippen LogP contribution in [0.5, 0.6) is 0 Å². The second-order valence-corrected chi connectivity index (χ2v) is 9.04. The lowest BCUT2D eigenvalue weighted by Crippen LogP contribution is -2.54. The number of carbonyl (C=O) groups excluding carboxylic acids is 3. The number of carbonyl (C=O) groups is 3. The number of likely N-dealkylation sites (tertiary alicyclic amines) is 1. The monoisotopic (exact) mass is 503 g/mol. The Labute approximate surface area is 209 Å². The number of nitrogens with one attached hydrogen (secondary N) is 1. The molecule has 1 N–H and O–H groups in total. The summed E-state index contributed by atoms with van der Waals surface area (Å²) in [7, 11) is 0. The van der Waals surface area contributed by atoms with Crippen molar-refractivity contribution in [3.05, 3.63) is 70.8 Å². The van der Waals surface area contributed by atoms with Crippen LogP contribution in [-0.4, -0.2) is 59.7 Å². The van der Waals surface area contributed by atoms with Crippen LogP contribution in [0.3, 0.4) is 0 Å². The molecule has 1 fully saturated rings. The number of aryl methyl sites for hydroxylation is 1. The van der Waals surface area contributed by atoms with Crippen molar-refractivity contribution in [2.45, 2.75) is 45.8 Å². The van der Waals surface area contributed by atoms with Gasteiger partial charge in [0.15, 0.2) is 0 Å². The zero-order chi connectivity index (χ0) is 26.5. The Morgan fingerprint density at radius 1 is 1.00 bits per heavy atom. The van der Waals surface area contributed by atoms with E-state index in [0.717, 1.165) is 17.7 Å². The highest BCUT2D eigenvalue weighted by Crippen LogP contribution is 2.30. The minimum absolute atomic E-state index is 0.159. The van der Waals surface area contributed by atoms with Gasteiger partial charge in [-0.2, -0.15) is 13.2 Å². The smallest absolute Gasteiger partial charge is 0.341 e. The fourth-order valence-corrected chi connectivity index (χ4v) is 4.54. The third-order valence-electron chi connectivity index (χ3n) is 6.67. The maximum absolute atomic E-state index is 13.3. The number of halogens is 3. The van der Waals surface area contributed by atoms with E-state index >= 15 is 0 Å². The molecule has 3 rings (SSSR count). The van der Waals surface area contributed by atoms with Crippen LogP contribution < -0.4 is 5.32 Å². The fourth-order valence-electron chi connectivity index (χ4n) is 4.54. The topological polar surface area (TPSA) is 69.7 Å². The van der Waals surface area contributed by atoms with Crippen LogP contribution in [0.25, 0.3) is 0 Å². The highest BCUT2D eigenvalue weighted by molar-refractivity contribution is 5.98. The second-order valence-electron chi connectivity index (χ2n) is 9.04. The van der Waals surface area contributed by atoms with Crippen molar-refractivity contribution < 1.29 is 27.6 Å². The maximum atomic E-state index is 13.3. The predicted molar refractivity (Wildman–Crippen MR) is 130 cm³/mol. The molecule has 0 spiro atoms. The summed E-state index contributed by atoms with van der Waals surface area (Å²) in [5.74, 6) is -1.01. The van der Waals surface area contributed by atoms with Crippen LogP contribution in [0.15, 0.2) is 48.5 Å². The average Bonchev–Trinajstić information content (AvgIpc) is 2.87. The first-order valence-electron chi connectivity index (χ1n) is 12.2. The summed E-state index contributed by atoms with van der Waals surface area (Å²) in [6.07, 6.45) is -3.49. The molecule has 1 saturated heterocycles. The van der Waals surface area contributed by atoms with Gasteiger partial charge < -0.3 is 15.1 Å². The van der Waals surface area contributed by atoms with E-state index in [2.05, 4.69) is 5.32 Å². The number of nitrogens with zero attached hydrogens (tertiary/aromatic N) is 2. The number of hydrogen-bond donors (Lipinski definition) is 1. The maximum Gasteiger partial charge on any atom is 0.416 e. The van der Waals surface area contributed by atoms with E-state index in [-0.39, 0.29) is 29.2 Å². The Morgan fingerprint density at radius 3 is 2.14 bits per heavy atom. The molecule has 6 nitrogen and oxygen atoms in total. The molecule has 1 heterocycles. The lowest BCUT2D eigenvalue weighted by Gasteiger charge is -2.37. The lowest BCUT2D eigenvalue weighted by molar-refractivity contribution is -0.137. The van der Waals surface area contributed by atoms with E-state index in [1.54, 1.807) is 28.0 Å². The van der Waals surface area contributed by atoms with Crippen LogP contribution in [-0.2, 0) is 11.0 Å². The van der Waals surface area contributed by atoms with E-state index in [1.165, 1.54) is 12.1 Å². The van der Waals surface area contributed by atoms with E-state index in [4.69, 9.17) is 0 Å². The van der Waals surface area contributed by atoms with Gasteiger partial charge in [0.05, 0.1) is 5.56 Å². The van der Waals surface area contributed by atoms with E-state index in [0.29, 0.717) is 44.6 Å². The summed E-state index contributed by atoms with van der Waals surface area (Å²) in [6, 6.07) is 10.6. The van der Waals surface area contributed by atoms with Crippen molar-refractivity contribution in [3.8, 4) is 0 Å². The Balaban J connectivity index is 1.71. The third-order valence-corrected chi connectivity index (χ3v) is 6.67. The number of benzene rings is 2. The molecule has 2 aromatic carbocycles. The van der Waals surface area contributed by atoms with Crippen molar-refractivity contribution in [2.24, 2.45) is 5.92 Å². The van der Waals surface area contributed by atoms with Crippen LogP contribution in [0, 0.1) is 12.8 Å². The zero-order valence-corrected chi connectivity index (χ0v) is 20.8. The summed E-state index contributed by atoms with van der Waals surface area (Å²) in [4.78, 5) is 42.4. The lowest BCUT2D eigenvalue weighted by atomic mass is 9.87. The van der Waals surface area contributed by atoms with Crippen molar-refractivity contribution >= 4 is 17.7 Å². The van der Waals surface area contributed by atoms with Crippen LogP contribution in [0.1, 0.15) is 58.5 Å². The highest BCUT2D eigenvalue weighted by Gasteiger charge is 2.36. The van der Waals surface area contributed by atoms with Gasteiger partial charge in [0.1, 0.15) is 6.04 Å². The molecule has 0 aromatic heterocycles. The normalized spacial score (nSPS) is 15.3. The zero-order valence-electron chi connectivity index (χ0n) is 20.8. The SMILES string of the molecule is CCN(CC)C(=O)[C@H](NC(=O)c1cccc(C)c1)C1CCN(C(=O)c2ccc(C(F)(F)F)cc2)CC1. The Bertz CT molecular complexity index is 1070. The number of rotatable bonds is 7. The minimum atomic E-state index is -4.46. The van der Waals surface area contributed by atoms with Crippen LogP contribution in [0.2, 0.25) is 0 Å². The molecule has 0 unspecified atom stereocenters. The molecule has 0 aliphatic carbocycles. The minimum Gasteiger partial charge on any atom is -0.341 e. The van der Waals surface area contributed by atoms with E-state index in [9.17, 15) is 27.6 Å². The molecule has 0 radical (unpaired) electrons. The molecule has 0 saturated carbocycles. The number of piperidine rings is 1. The van der Waals surface area contributed by atoms with Crippen LogP contribution >= 0.6 is 0 Å². The number of amides is 3. The van der Waals surface area contributed by atoms with Gasteiger partial charge in [-0.3, -0.25) is 14.4 Å². The quantitative estimate of drug-likeness (QED) is 0.604. The summed E-state index contributed by atoms with van der Waals surface area (Å²) >= 11 is 0. The van der Waals surface area contributed by atoms with E-state index in [1.807, 2.05) is 26.8 Å². The predicted octanol–water partition coefficient (Wildman–Crippen LogP) is 4.53. The Morgan fingerprint density at radius 2 is 1.61 bits per heavy atom. The van der Waals surface area contributed by atoms with Gasteiger partial charge in [-0.25, -0.2) is 0 Å². The first-order valence-corrected chi connectivity index (χ1v) is 12.2. The molecule has 9 heteroatoms. The highest BCUT2D eigenvalue weighted by atomic mass is 19.4. The first kappa shape index (κ1) is 27.2. The molecule has 0 bridgehead atoms. The summed E-state index contributed by atoms with van der Waals surface area (Å²) < 4.78 is 38.5. The van der Waals surface area contributed by atoms with Crippen molar-refractivity contribution in [2.75, 3.05) is 26.2 Å². The molecule has 1 aliphatic rings. The van der Waals surface area contributed by atoms with E-state index < -0.39 is 17.8 Å². The molecule has 1 atom stereocenters. The third kappa shape index (κ3) is 6.44. The molecular formula is C27H32F3N3O3. The van der Waals surface area contributed by atoms with Crippen LogP contribution in [0.4, 0.5) is 13.2 Å². The fraction of sp³-hybridized carbons (Fsp3) is 0.444. The van der Waals surface area contributed by atoms with Gasteiger partial charge in [0.2, 0.25) is 5.91 Å². The van der Waals surface area contributed by atoms with Gasteiger partial charge >= 0.3 is 6.18 Å². The standard InChI is InChI=1S/C27H32F3N3O3/c1-4-32(5-2)26(36)23(31-24(34)21-8-6-7-18(3)17-21)19-13-15-33(16-14-19)25(35)20-9-11-22(12-10-20)27(28,29)30/h6-12,17,19,23H,4-5,13-16H2,1-3H3,(H,31,34)/t23-/m1/s1. The van der Waals surface area contributed by atoms with Gasteiger partial charge in [-0.15, -0.1) is 0 Å². The summed E-state index contributed by atoms with van der Waals surface area (Å²) in [6.45, 7) is 7.35. The van der Waals surface area contributed by atoms with Crippen molar-refractivity contribution in [3.63, 3.8) is 0 Å². The molecule has 3 amide bonds. The average molecular weight is 504 g/mol. The molecule has 36 heavy (non-hydrogen) atoms. The van der Waals surface area contributed by atoms with Gasteiger partial charge in [-0.1, -0.05) is 17.7 Å². The Kier molecular flexibility index (Phi) is 8.76. The van der Waals surface area contributed by atoms with Crippen molar-refractivity contribution in [1.82, 2.24) is 15.1 Å². The van der Waals surface area contributed by atoms with Gasteiger partial charge in [0.25, 0.3) is 11.8 Å². The first-order chi connectivity index (χ1) is 17.0. The van der Waals surface area contributed by atoms with Gasteiger partial charge in [0, 0.05) is 37.3 Å². The van der Waals surface area contributed by atoms with Gasteiger partial charge in [-0.05, 0) is 75.9 Å². The molecule has 194 valence electrons. The summed E-state index contributed by atoms with van der Waals surface area (Å²) in [5, 5.41) is 2.94. The largest absolute Gasteiger partial charge is 0.416 e. The second kappa shape index (κ2) is 11.6. The molecule has 2 aromatic rings. The summed E-state index contributed by atoms with van der Waals surface area (Å²) in [5.41, 5.74) is 0.788. The van der Waals surface area contributed by atoms with Crippen molar-refractivity contribution in [1.29, 1.82) is 0 Å². The number of likely N-dealkylation sites (N-methyl/N-ethyl adjacent to an activating group) is 1. The number of hydrogen-bond acceptors (Lipinski definition) is 3.